The van der Waals surface area contributed by atoms with Crippen LogP contribution in [0.4, 0.5) is 0 Å². The topological polar surface area (TPSA) is 50.4 Å². The molecule has 4 nitrogen and oxygen atoms in total. The van der Waals surface area contributed by atoms with Crippen LogP contribution in [0.1, 0.15) is 26.2 Å². The lowest BCUT2D eigenvalue weighted by Gasteiger charge is -2.25. The molecule has 3 unspecified atom stereocenters. The highest BCUT2D eigenvalue weighted by Crippen LogP contribution is 2.24. The lowest BCUT2D eigenvalue weighted by atomic mass is 10.1. The summed E-state index contributed by atoms with van der Waals surface area (Å²) in [5, 5.41) is 6.26. The van der Waals surface area contributed by atoms with E-state index in [1.54, 1.807) is 0 Å². The van der Waals surface area contributed by atoms with Gasteiger partial charge in [-0.3, -0.25) is 4.79 Å². The van der Waals surface area contributed by atoms with Gasteiger partial charge in [-0.2, -0.15) is 0 Å². The van der Waals surface area contributed by atoms with Crippen molar-refractivity contribution in [1.82, 2.24) is 10.6 Å². The molecule has 94 valence electrons. The van der Waals surface area contributed by atoms with Crippen molar-refractivity contribution in [3.05, 3.63) is 0 Å². The summed E-state index contributed by atoms with van der Waals surface area (Å²) in [6.45, 7) is 4.34. The smallest absolute Gasteiger partial charge is 0.250 e. The second-order valence-electron chi connectivity index (χ2n) is 4.59. The van der Waals surface area contributed by atoms with Gasteiger partial charge in [0.1, 0.15) is 6.10 Å². The van der Waals surface area contributed by atoms with Gasteiger partial charge < -0.3 is 15.4 Å². The second-order valence-corrected chi connectivity index (χ2v) is 4.59. The minimum Gasteiger partial charge on any atom is -0.366 e. The van der Waals surface area contributed by atoms with E-state index >= 15 is 0 Å². The molecule has 1 amide bonds. The number of amides is 1. The Labute approximate surface area is 103 Å². The van der Waals surface area contributed by atoms with Crippen molar-refractivity contribution in [1.29, 1.82) is 0 Å². The molecule has 0 spiro atoms. The Morgan fingerprint density at radius 3 is 2.81 bits per heavy atom. The first-order chi connectivity index (χ1) is 7.27. The lowest BCUT2D eigenvalue weighted by molar-refractivity contribution is -0.135. The van der Waals surface area contributed by atoms with Gasteiger partial charge in [0, 0.05) is 19.1 Å². The monoisotopic (exact) mass is 248 g/mol. The Morgan fingerprint density at radius 2 is 2.25 bits per heavy atom. The van der Waals surface area contributed by atoms with E-state index in [9.17, 15) is 4.79 Å². The first-order valence-electron chi connectivity index (χ1n) is 5.90. The summed E-state index contributed by atoms with van der Waals surface area (Å²) in [6, 6.07) is 0.364. The molecule has 1 heterocycles. The van der Waals surface area contributed by atoms with E-state index < -0.39 is 0 Å². The molecular formula is C11H21ClN2O2. The summed E-state index contributed by atoms with van der Waals surface area (Å²) in [7, 11) is 0. The summed E-state index contributed by atoms with van der Waals surface area (Å²) in [5.41, 5.74) is 0. The molecular weight excluding hydrogens is 228 g/mol. The van der Waals surface area contributed by atoms with Crippen molar-refractivity contribution in [2.45, 2.75) is 38.3 Å². The average molecular weight is 249 g/mol. The van der Waals surface area contributed by atoms with E-state index in [4.69, 9.17) is 4.74 Å². The first-order valence-corrected chi connectivity index (χ1v) is 5.90. The fourth-order valence-corrected chi connectivity index (χ4v) is 2.37. The van der Waals surface area contributed by atoms with Gasteiger partial charge in [-0.1, -0.05) is 13.3 Å². The third kappa shape index (κ3) is 3.34. The van der Waals surface area contributed by atoms with Gasteiger partial charge in [-0.15, -0.1) is 12.4 Å². The van der Waals surface area contributed by atoms with Gasteiger partial charge in [-0.05, 0) is 18.8 Å². The molecule has 1 saturated heterocycles. The van der Waals surface area contributed by atoms with Crippen molar-refractivity contribution in [2.24, 2.45) is 5.92 Å². The van der Waals surface area contributed by atoms with Crippen LogP contribution < -0.4 is 10.6 Å². The third-order valence-corrected chi connectivity index (χ3v) is 3.41. The number of hydrogen-bond donors (Lipinski definition) is 2. The predicted molar refractivity (Wildman–Crippen MR) is 64.8 cm³/mol. The highest BCUT2D eigenvalue weighted by Gasteiger charge is 2.28. The highest BCUT2D eigenvalue weighted by molar-refractivity contribution is 5.85. The van der Waals surface area contributed by atoms with Gasteiger partial charge in [0.2, 0.25) is 0 Å². The summed E-state index contributed by atoms with van der Waals surface area (Å²) in [5.74, 6) is 0.673. The van der Waals surface area contributed by atoms with Crippen LogP contribution in [-0.2, 0) is 9.53 Å². The number of halogens is 1. The second kappa shape index (κ2) is 6.42. The maximum absolute atomic E-state index is 11.8. The van der Waals surface area contributed by atoms with E-state index in [-0.39, 0.29) is 24.4 Å². The molecule has 2 aliphatic rings. The van der Waals surface area contributed by atoms with E-state index in [0.717, 1.165) is 13.0 Å². The van der Waals surface area contributed by atoms with Crippen molar-refractivity contribution < 1.29 is 9.53 Å². The standard InChI is InChI=1S/C11H20N2O2.ClH/c1-8-3-2-4-9(8)13-11(14)10-7-12-5-6-15-10;/h8-10,12H,2-7H2,1H3,(H,13,14);1H. The Hall–Kier alpha value is -0.320. The number of carbonyl (C=O) groups excluding carboxylic acids is 1. The molecule has 0 aromatic carbocycles. The van der Waals surface area contributed by atoms with Crippen LogP contribution in [0, 0.1) is 5.92 Å². The van der Waals surface area contributed by atoms with Crippen LogP contribution >= 0.6 is 12.4 Å². The molecule has 16 heavy (non-hydrogen) atoms. The average Bonchev–Trinajstić information content (AvgIpc) is 2.66. The first kappa shape index (κ1) is 13.7. The SMILES string of the molecule is CC1CCCC1NC(=O)C1CNCCO1.Cl. The number of rotatable bonds is 2. The summed E-state index contributed by atoms with van der Waals surface area (Å²) >= 11 is 0. The number of hydrogen-bond acceptors (Lipinski definition) is 3. The molecule has 2 rings (SSSR count). The van der Waals surface area contributed by atoms with Crippen molar-refractivity contribution in [3.8, 4) is 0 Å². The lowest BCUT2D eigenvalue weighted by Crippen LogP contribution is -2.50. The number of morpholine rings is 1. The molecule has 2 N–H and O–H groups in total. The number of nitrogens with one attached hydrogen (secondary N) is 2. The fourth-order valence-electron chi connectivity index (χ4n) is 2.37. The molecule has 1 aliphatic heterocycles. The Kier molecular flexibility index (Phi) is 5.52. The molecule has 0 aromatic heterocycles. The number of carbonyl (C=O) groups is 1. The number of ether oxygens (including phenoxy) is 1. The minimum atomic E-state index is -0.286. The Bertz CT molecular complexity index is 232. The maximum Gasteiger partial charge on any atom is 0.250 e. The van der Waals surface area contributed by atoms with Crippen molar-refractivity contribution >= 4 is 18.3 Å². The normalized spacial score (nSPS) is 34.2. The van der Waals surface area contributed by atoms with Gasteiger partial charge in [0.25, 0.3) is 5.91 Å². The van der Waals surface area contributed by atoms with Crippen LogP contribution in [0.3, 0.4) is 0 Å². The van der Waals surface area contributed by atoms with Crippen LogP contribution in [0.25, 0.3) is 0 Å². The van der Waals surface area contributed by atoms with Crippen LogP contribution in [0.15, 0.2) is 0 Å². The van der Waals surface area contributed by atoms with E-state index in [2.05, 4.69) is 17.6 Å². The zero-order valence-corrected chi connectivity index (χ0v) is 10.5. The highest BCUT2D eigenvalue weighted by atomic mass is 35.5. The summed E-state index contributed by atoms with van der Waals surface area (Å²) < 4.78 is 5.41. The predicted octanol–water partition coefficient (Wildman–Crippen LogP) is 0.701. The minimum absolute atomic E-state index is 0. The third-order valence-electron chi connectivity index (χ3n) is 3.41. The van der Waals surface area contributed by atoms with Crippen molar-refractivity contribution in [2.75, 3.05) is 19.7 Å². The molecule has 1 saturated carbocycles. The molecule has 5 heteroatoms. The van der Waals surface area contributed by atoms with E-state index in [1.807, 2.05) is 0 Å². The summed E-state index contributed by atoms with van der Waals surface area (Å²) in [6.07, 6.45) is 3.30. The van der Waals surface area contributed by atoms with Crippen LogP contribution in [-0.4, -0.2) is 37.7 Å². The molecule has 3 atom stereocenters. The van der Waals surface area contributed by atoms with Gasteiger partial charge in [0.15, 0.2) is 0 Å². The molecule has 1 aliphatic carbocycles. The van der Waals surface area contributed by atoms with Crippen LogP contribution in [0.5, 0.6) is 0 Å². The molecule has 2 fully saturated rings. The zero-order chi connectivity index (χ0) is 10.7. The van der Waals surface area contributed by atoms with Crippen LogP contribution in [0.2, 0.25) is 0 Å². The molecule has 0 bridgehead atoms. The molecule has 0 radical (unpaired) electrons. The maximum atomic E-state index is 11.8. The zero-order valence-electron chi connectivity index (χ0n) is 9.70. The van der Waals surface area contributed by atoms with Gasteiger partial charge >= 0.3 is 0 Å². The van der Waals surface area contributed by atoms with Gasteiger partial charge in [0.05, 0.1) is 6.61 Å². The Morgan fingerprint density at radius 1 is 1.44 bits per heavy atom. The fraction of sp³-hybridized carbons (Fsp3) is 0.909. The summed E-state index contributed by atoms with van der Waals surface area (Å²) in [4.78, 5) is 11.8. The van der Waals surface area contributed by atoms with Gasteiger partial charge in [-0.25, -0.2) is 0 Å². The quantitative estimate of drug-likeness (QED) is 0.757. The largest absolute Gasteiger partial charge is 0.366 e. The van der Waals surface area contributed by atoms with E-state index in [0.29, 0.717) is 25.1 Å². The van der Waals surface area contributed by atoms with E-state index in [1.165, 1.54) is 12.8 Å². The molecule has 0 aromatic rings. The van der Waals surface area contributed by atoms with Crippen molar-refractivity contribution in [3.63, 3.8) is 0 Å². The Balaban J connectivity index is 0.00000128.